The zero-order chi connectivity index (χ0) is 44.9. The van der Waals surface area contributed by atoms with Gasteiger partial charge in [0.15, 0.2) is 0 Å². The minimum absolute atomic E-state index is 0.0213. The van der Waals surface area contributed by atoms with Gasteiger partial charge in [0, 0.05) is 6.42 Å². The highest BCUT2D eigenvalue weighted by molar-refractivity contribution is 5.76. The van der Waals surface area contributed by atoms with E-state index < -0.39 is 12.1 Å². The zero-order valence-electron chi connectivity index (χ0n) is 42.9. The van der Waals surface area contributed by atoms with Crippen LogP contribution in [-0.2, 0) is 4.79 Å². The molecule has 0 bridgehead atoms. The fourth-order valence-corrected chi connectivity index (χ4v) is 9.66. The molecular weight excluding hydrogens is 759 g/mol. The van der Waals surface area contributed by atoms with Gasteiger partial charge in [-0.3, -0.25) is 4.79 Å². The first-order valence-corrected chi connectivity index (χ1v) is 29.2. The number of amides is 1. The summed E-state index contributed by atoms with van der Waals surface area (Å²) in [6, 6.07) is -0.531. The fourth-order valence-electron chi connectivity index (χ4n) is 9.66. The monoisotopic (exact) mass is 876 g/mol. The van der Waals surface area contributed by atoms with Crippen molar-refractivity contribution in [3.63, 3.8) is 0 Å². The van der Waals surface area contributed by atoms with Gasteiger partial charge in [-0.15, -0.1) is 0 Å². The van der Waals surface area contributed by atoms with Crippen molar-refractivity contribution >= 4 is 5.91 Å². The van der Waals surface area contributed by atoms with E-state index in [1.54, 1.807) is 0 Å². The highest BCUT2D eigenvalue weighted by atomic mass is 16.3. The molecule has 4 nitrogen and oxygen atoms in total. The third kappa shape index (κ3) is 50.4. The van der Waals surface area contributed by atoms with Crippen molar-refractivity contribution in [1.82, 2.24) is 5.32 Å². The predicted octanol–water partition coefficient (Wildman–Crippen LogP) is 19.1. The highest BCUT2D eigenvalue weighted by Crippen LogP contribution is 2.19. The Bertz CT molecular complexity index is 819. The lowest BCUT2D eigenvalue weighted by Gasteiger charge is -2.22. The predicted molar refractivity (Wildman–Crippen MR) is 276 cm³/mol. The van der Waals surface area contributed by atoms with Crippen molar-refractivity contribution in [2.45, 2.75) is 360 Å². The summed E-state index contributed by atoms with van der Waals surface area (Å²) >= 11 is 0. The van der Waals surface area contributed by atoms with E-state index in [1.807, 2.05) is 0 Å². The third-order valence-corrected chi connectivity index (χ3v) is 14.1. The van der Waals surface area contributed by atoms with Crippen LogP contribution in [0.25, 0.3) is 0 Å². The number of unbranched alkanes of at least 4 members (excludes halogenated alkanes) is 48. The molecule has 3 N–H and O–H groups in total. The summed E-state index contributed by atoms with van der Waals surface area (Å²) in [4.78, 5) is 12.5. The molecule has 0 aliphatic heterocycles. The molecule has 62 heavy (non-hydrogen) atoms. The van der Waals surface area contributed by atoms with E-state index in [0.29, 0.717) is 12.8 Å². The zero-order valence-corrected chi connectivity index (χ0v) is 42.9. The molecule has 0 heterocycles. The smallest absolute Gasteiger partial charge is 0.220 e. The summed E-state index contributed by atoms with van der Waals surface area (Å²) in [5.74, 6) is -0.0213. The van der Waals surface area contributed by atoms with Crippen LogP contribution in [0.5, 0.6) is 0 Å². The van der Waals surface area contributed by atoms with Crippen LogP contribution < -0.4 is 5.32 Å². The van der Waals surface area contributed by atoms with Crippen molar-refractivity contribution in [3.05, 3.63) is 0 Å². The molecule has 0 spiro atoms. The van der Waals surface area contributed by atoms with E-state index in [0.717, 1.165) is 25.7 Å². The van der Waals surface area contributed by atoms with Crippen molar-refractivity contribution in [2.75, 3.05) is 6.61 Å². The van der Waals surface area contributed by atoms with Crippen molar-refractivity contribution in [1.29, 1.82) is 0 Å². The molecule has 0 aromatic heterocycles. The van der Waals surface area contributed by atoms with E-state index in [1.165, 1.54) is 295 Å². The van der Waals surface area contributed by atoms with Gasteiger partial charge in [0.05, 0.1) is 18.8 Å². The molecule has 0 aromatic rings. The van der Waals surface area contributed by atoms with E-state index in [-0.39, 0.29) is 12.5 Å². The Morgan fingerprint density at radius 2 is 0.516 bits per heavy atom. The van der Waals surface area contributed by atoms with Crippen LogP contribution in [-0.4, -0.2) is 34.9 Å². The van der Waals surface area contributed by atoms with E-state index in [2.05, 4.69) is 19.2 Å². The van der Waals surface area contributed by atoms with Gasteiger partial charge < -0.3 is 15.5 Å². The number of hydrogen-bond donors (Lipinski definition) is 3. The molecule has 0 aromatic carbocycles. The summed E-state index contributed by atoms with van der Waals surface area (Å²) < 4.78 is 0. The summed E-state index contributed by atoms with van der Waals surface area (Å²) in [6.07, 6.45) is 69.6. The van der Waals surface area contributed by atoms with E-state index in [4.69, 9.17) is 0 Å². The Morgan fingerprint density at radius 1 is 0.323 bits per heavy atom. The van der Waals surface area contributed by atoms with Crippen LogP contribution in [0.4, 0.5) is 0 Å². The molecule has 0 aliphatic carbocycles. The third-order valence-electron chi connectivity index (χ3n) is 14.1. The van der Waals surface area contributed by atoms with Gasteiger partial charge >= 0.3 is 0 Å². The van der Waals surface area contributed by atoms with Gasteiger partial charge in [0.1, 0.15) is 0 Å². The second-order valence-corrected chi connectivity index (χ2v) is 20.4. The van der Waals surface area contributed by atoms with Crippen molar-refractivity contribution in [2.24, 2.45) is 0 Å². The van der Waals surface area contributed by atoms with E-state index in [9.17, 15) is 15.0 Å². The molecule has 0 rings (SSSR count). The molecule has 1 amide bonds. The molecule has 372 valence electrons. The van der Waals surface area contributed by atoms with Crippen molar-refractivity contribution in [3.8, 4) is 0 Å². The number of aliphatic hydroxyl groups is 2. The summed E-state index contributed by atoms with van der Waals surface area (Å²) in [6.45, 7) is 4.41. The van der Waals surface area contributed by atoms with Gasteiger partial charge in [-0.1, -0.05) is 328 Å². The quantitative estimate of drug-likeness (QED) is 0.0533. The average molecular weight is 877 g/mol. The second kappa shape index (κ2) is 54.7. The molecule has 0 saturated carbocycles. The Kier molecular flexibility index (Phi) is 54.2. The SMILES string of the molecule is CCCCCCCCCCCCCCCCCCCCCCCCCCCCCCC(=O)NC(CO)C(O)CCCCCCCCCCCCCCCCCCCCCCCC. The molecule has 2 unspecified atom stereocenters. The number of hydrogen-bond acceptors (Lipinski definition) is 3. The van der Waals surface area contributed by atoms with Crippen LogP contribution in [0.3, 0.4) is 0 Å². The molecule has 0 fully saturated rings. The average Bonchev–Trinajstić information content (AvgIpc) is 3.28. The van der Waals surface area contributed by atoms with Crippen LogP contribution in [0, 0.1) is 0 Å². The molecule has 4 heteroatoms. The lowest BCUT2D eigenvalue weighted by molar-refractivity contribution is -0.123. The Labute approximate surface area is 391 Å². The first kappa shape index (κ1) is 61.4. The summed E-state index contributed by atoms with van der Waals surface area (Å²) in [5.41, 5.74) is 0. The maximum absolute atomic E-state index is 12.5. The normalized spacial score (nSPS) is 12.6. The van der Waals surface area contributed by atoms with Crippen LogP contribution in [0.15, 0.2) is 0 Å². The van der Waals surface area contributed by atoms with Crippen LogP contribution in [0.1, 0.15) is 348 Å². The summed E-state index contributed by atoms with van der Waals surface area (Å²) in [5, 5.41) is 23.4. The topological polar surface area (TPSA) is 69.6 Å². The van der Waals surface area contributed by atoms with Gasteiger partial charge in [0.25, 0.3) is 0 Å². The highest BCUT2D eigenvalue weighted by Gasteiger charge is 2.20. The van der Waals surface area contributed by atoms with Gasteiger partial charge in [0.2, 0.25) is 5.91 Å². The second-order valence-electron chi connectivity index (χ2n) is 20.4. The minimum atomic E-state index is -0.655. The maximum atomic E-state index is 12.5. The van der Waals surface area contributed by atoms with Crippen LogP contribution in [0.2, 0.25) is 0 Å². The number of rotatable bonds is 55. The number of aliphatic hydroxyl groups excluding tert-OH is 2. The number of carbonyl (C=O) groups is 1. The largest absolute Gasteiger partial charge is 0.394 e. The molecule has 0 radical (unpaired) electrons. The molecule has 2 atom stereocenters. The van der Waals surface area contributed by atoms with Crippen molar-refractivity contribution < 1.29 is 15.0 Å². The molecule has 0 saturated heterocycles. The van der Waals surface area contributed by atoms with Crippen LogP contribution >= 0.6 is 0 Å². The lowest BCUT2D eigenvalue weighted by Crippen LogP contribution is -2.45. The van der Waals surface area contributed by atoms with Gasteiger partial charge in [-0.25, -0.2) is 0 Å². The maximum Gasteiger partial charge on any atom is 0.220 e. The Morgan fingerprint density at radius 3 is 0.726 bits per heavy atom. The Balaban J connectivity index is 3.39. The minimum Gasteiger partial charge on any atom is -0.394 e. The van der Waals surface area contributed by atoms with E-state index >= 15 is 0 Å². The fraction of sp³-hybridized carbons (Fsp3) is 0.983. The van der Waals surface area contributed by atoms with Gasteiger partial charge in [-0.05, 0) is 12.8 Å². The Hall–Kier alpha value is -0.610. The summed E-state index contributed by atoms with van der Waals surface area (Å²) in [7, 11) is 0. The first-order chi connectivity index (χ1) is 30.7. The molecule has 0 aliphatic rings. The number of carbonyl (C=O) groups excluding carboxylic acids is 1. The first-order valence-electron chi connectivity index (χ1n) is 29.2. The van der Waals surface area contributed by atoms with Gasteiger partial charge in [-0.2, -0.15) is 0 Å². The standard InChI is InChI=1S/C58H117NO3/c1-3-5-7-9-11-13-15-17-19-21-23-25-27-28-29-30-31-32-34-36-38-40-42-44-46-48-50-52-54-58(62)59-56(55-60)57(61)53-51-49-47-45-43-41-39-37-35-33-26-24-22-20-18-16-14-12-10-8-6-4-2/h56-57,60-61H,3-55H2,1-2H3,(H,59,62). The lowest BCUT2D eigenvalue weighted by atomic mass is 10.0. The number of nitrogens with one attached hydrogen (secondary N) is 1. The molecular formula is C58H117NO3.